The fourth-order valence-corrected chi connectivity index (χ4v) is 0.672. The van der Waals surface area contributed by atoms with Crippen molar-refractivity contribution in [3.63, 3.8) is 0 Å². The van der Waals surface area contributed by atoms with Crippen molar-refractivity contribution >= 4 is 12.4 Å². The average Bonchev–Trinajstić information content (AvgIpc) is 2.34. The van der Waals surface area contributed by atoms with Crippen molar-refractivity contribution in [1.29, 1.82) is 0 Å². The van der Waals surface area contributed by atoms with E-state index in [4.69, 9.17) is 5.73 Å². The Morgan fingerprint density at radius 1 is 1.64 bits per heavy atom. The molecule has 1 heterocycles. The molecule has 0 aliphatic heterocycles. The zero-order valence-corrected chi connectivity index (χ0v) is 7.48. The molecule has 0 amide bonds. The van der Waals surface area contributed by atoms with Crippen molar-refractivity contribution < 1.29 is 0 Å². The van der Waals surface area contributed by atoms with Crippen LogP contribution in [0.25, 0.3) is 0 Å². The smallest absolute Gasteiger partial charge is 0.167 e. The third-order valence-electron chi connectivity index (χ3n) is 1.29. The van der Waals surface area contributed by atoms with Crippen molar-refractivity contribution in [3.8, 4) is 0 Å². The van der Waals surface area contributed by atoms with E-state index in [9.17, 15) is 0 Å². The maximum absolute atomic E-state index is 5.54. The highest BCUT2D eigenvalue weighted by Crippen LogP contribution is 2.01. The van der Waals surface area contributed by atoms with Crippen molar-refractivity contribution in [2.24, 2.45) is 5.73 Å². The van der Waals surface area contributed by atoms with Crippen LogP contribution in [0.3, 0.4) is 0 Å². The van der Waals surface area contributed by atoms with Crippen LogP contribution in [0.2, 0.25) is 0 Å². The molecule has 11 heavy (non-hydrogen) atoms. The van der Waals surface area contributed by atoms with Gasteiger partial charge in [0, 0.05) is 6.42 Å². The SMILES string of the molecule is CCc1nc(C(C)N)n[nH]1.Cl. The molecule has 1 unspecified atom stereocenters. The summed E-state index contributed by atoms with van der Waals surface area (Å²) in [5, 5.41) is 6.72. The summed E-state index contributed by atoms with van der Waals surface area (Å²) in [6, 6.07) is -0.0726. The topological polar surface area (TPSA) is 67.6 Å². The summed E-state index contributed by atoms with van der Waals surface area (Å²) in [6.07, 6.45) is 0.875. The number of hydrogen-bond acceptors (Lipinski definition) is 3. The number of H-pyrrole nitrogens is 1. The Balaban J connectivity index is 0.000001000. The number of hydrogen-bond donors (Lipinski definition) is 2. The van der Waals surface area contributed by atoms with Crippen molar-refractivity contribution in [2.75, 3.05) is 0 Å². The first-order chi connectivity index (χ1) is 4.74. The monoisotopic (exact) mass is 176 g/mol. The standard InChI is InChI=1S/C6H12N4.ClH/c1-3-5-8-6(4(2)7)10-9-5;/h4H,3,7H2,1-2H3,(H,8,9,10);1H. The molecule has 0 spiro atoms. The highest BCUT2D eigenvalue weighted by atomic mass is 35.5. The molecule has 0 saturated carbocycles. The molecule has 0 radical (unpaired) electrons. The van der Waals surface area contributed by atoms with Crippen molar-refractivity contribution in [3.05, 3.63) is 11.6 Å². The molecule has 5 heteroatoms. The molecule has 0 aliphatic carbocycles. The van der Waals surface area contributed by atoms with Crippen LogP contribution in [0, 0.1) is 0 Å². The fraction of sp³-hybridized carbons (Fsp3) is 0.667. The molecule has 0 aliphatic rings. The molecule has 0 bridgehead atoms. The first-order valence-corrected chi connectivity index (χ1v) is 3.40. The molecular formula is C6H13ClN4. The third-order valence-corrected chi connectivity index (χ3v) is 1.29. The highest BCUT2D eigenvalue weighted by molar-refractivity contribution is 5.85. The van der Waals surface area contributed by atoms with E-state index in [2.05, 4.69) is 15.2 Å². The predicted molar refractivity (Wildman–Crippen MR) is 45.6 cm³/mol. The van der Waals surface area contributed by atoms with Crippen LogP contribution in [0.5, 0.6) is 0 Å². The lowest BCUT2D eigenvalue weighted by Gasteiger charge is -1.93. The Morgan fingerprint density at radius 3 is 2.55 bits per heavy atom. The van der Waals surface area contributed by atoms with Crippen LogP contribution < -0.4 is 5.73 Å². The summed E-state index contributed by atoms with van der Waals surface area (Å²) >= 11 is 0. The number of nitrogens with one attached hydrogen (secondary N) is 1. The van der Waals surface area contributed by atoms with Gasteiger partial charge in [-0.05, 0) is 6.92 Å². The van der Waals surface area contributed by atoms with E-state index in [0.717, 1.165) is 12.2 Å². The van der Waals surface area contributed by atoms with E-state index in [1.165, 1.54) is 0 Å². The van der Waals surface area contributed by atoms with E-state index >= 15 is 0 Å². The zero-order chi connectivity index (χ0) is 7.56. The summed E-state index contributed by atoms with van der Waals surface area (Å²) in [4.78, 5) is 4.14. The molecule has 4 nitrogen and oxygen atoms in total. The van der Waals surface area contributed by atoms with Gasteiger partial charge in [-0.2, -0.15) is 5.10 Å². The summed E-state index contributed by atoms with van der Waals surface area (Å²) in [5.41, 5.74) is 5.54. The molecular weight excluding hydrogens is 164 g/mol. The summed E-state index contributed by atoms with van der Waals surface area (Å²) in [6.45, 7) is 3.88. The van der Waals surface area contributed by atoms with E-state index in [1.54, 1.807) is 0 Å². The largest absolute Gasteiger partial charge is 0.321 e. The molecule has 0 fully saturated rings. The van der Waals surface area contributed by atoms with E-state index in [-0.39, 0.29) is 18.4 Å². The number of nitrogens with two attached hydrogens (primary N) is 1. The van der Waals surface area contributed by atoms with Gasteiger partial charge in [-0.25, -0.2) is 4.98 Å². The van der Waals surface area contributed by atoms with Gasteiger partial charge in [0.05, 0.1) is 6.04 Å². The lowest BCUT2D eigenvalue weighted by atomic mass is 10.3. The number of halogens is 1. The van der Waals surface area contributed by atoms with Crippen molar-refractivity contribution in [1.82, 2.24) is 15.2 Å². The maximum Gasteiger partial charge on any atom is 0.167 e. The molecule has 0 saturated heterocycles. The van der Waals surface area contributed by atoms with Crippen LogP contribution >= 0.6 is 12.4 Å². The number of aryl methyl sites for hydroxylation is 1. The lowest BCUT2D eigenvalue weighted by Crippen LogP contribution is -2.06. The highest BCUT2D eigenvalue weighted by Gasteiger charge is 2.04. The third kappa shape index (κ3) is 2.48. The second-order valence-electron chi connectivity index (χ2n) is 2.28. The first-order valence-electron chi connectivity index (χ1n) is 3.40. The molecule has 1 atom stereocenters. The zero-order valence-electron chi connectivity index (χ0n) is 6.66. The first kappa shape index (κ1) is 10.4. The van der Waals surface area contributed by atoms with Gasteiger partial charge in [0.15, 0.2) is 5.82 Å². The number of nitrogens with zero attached hydrogens (tertiary/aromatic N) is 2. The number of aromatic nitrogens is 3. The second kappa shape index (κ2) is 4.31. The predicted octanol–water partition coefficient (Wildman–Crippen LogP) is 0.809. The normalized spacial score (nSPS) is 12.3. The maximum atomic E-state index is 5.54. The second-order valence-corrected chi connectivity index (χ2v) is 2.28. The van der Waals surface area contributed by atoms with Crippen LogP contribution in [0.4, 0.5) is 0 Å². The van der Waals surface area contributed by atoms with E-state index in [0.29, 0.717) is 5.82 Å². The number of rotatable bonds is 2. The van der Waals surface area contributed by atoms with E-state index < -0.39 is 0 Å². The van der Waals surface area contributed by atoms with Gasteiger partial charge in [0.2, 0.25) is 0 Å². The van der Waals surface area contributed by atoms with Gasteiger partial charge in [-0.3, -0.25) is 5.10 Å². The lowest BCUT2D eigenvalue weighted by molar-refractivity contribution is 0.744. The molecule has 1 aromatic heterocycles. The molecule has 1 aromatic rings. The van der Waals surface area contributed by atoms with Gasteiger partial charge in [-0.1, -0.05) is 6.92 Å². The fourth-order valence-electron chi connectivity index (χ4n) is 0.672. The van der Waals surface area contributed by atoms with Gasteiger partial charge < -0.3 is 5.73 Å². The van der Waals surface area contributed by atoms with Crippen LogP contribution in [-0.2, 0) is 6.42 Å². The van der Waals surface area contributed by atoms with Gasteiger partial charge in [-0.15, -0.1) is 12.4 Å². The van der Waals surface area contributed by atoms with E-state index in [1.807, 2.05) is 13.8 Å². The molecule has 64 valence electrons. The van der Waals surface area contributed by atoms with Crippen LogP contribution in [-0.4, -0.2) is 15.2 Å². The minimum absolute atomic E-state index is 0. The van der Waals surface area contributed by atoms with Gasteiger partial charge >= 0.3 is 0 Å². The average molecular weight is 177 g/mol. The summed E-state index contributed by atoms with van der Waals surface area (Å²) in [7, 11) is 0. The van der Waals surface area contributed by atoms with Crippen LogP contribution in [0.1, 0.15) is 31.5 Å². The van der Waals surface area contributed by atoms with Crippen LogP contribution in [0.15, 0.2) is 0 Å². The Morgan fingerprint density at radius 2 is 2.27 bits per heavy atom. The molecule has 0 aromatic carbocycles. The quantitative estimate of drug-likeness (QED) is 0.701. The molecule has 1 rings (SSSR count). The number of aromatic amines is 1. The Kier molecular flexibility index (Phi) is 4.07. The Hall–Kier alpha value is -0.610. The van der Waals surface area contributed by atoms with Crippen molar-refractivity contribution in [2.45, 2.75) is 26.3 Å². The molecule has 3 N–H and O–H groups in total. The Labute approximate surface area is 72.0 Å². The summed E-state index contributed by atoms with van der Waals surface area (Å²) < 4.78 is 0. The van der Waals surface area contributed by atoms with Gasteiger partial charge in [0.25, 0.3) is 0 Å². The Bertz CT molecular complexity index is 208. The minimum atomic E-state index is -0.0726. The summed E-state index contributed by atoms with van der Waals surface area (Å²) in [5.74, 6) is 1.59. The van der Waals surface area contributed by atoms with Gasteiger partial charge in [0.1, 0.15) is 5.82 Å². The minimum Gasteiger partial charge on any atom is -0.321 e.